The van der Waals surface area contributed by atoms with Crippen LogP contribution in [0.15, 0.2) is 140 Å². The van der Waals surface area contributed by atoms with Crippen molar-refractivity contribution in [2.24, 2.45) is 0 Å². The van der Waals surface area contributed by atoms with Gasteiger partial charge < -0.3 is 4.57 Å². The number of hydrogen-bond donors (Lipinski definition) is 0. The highest BCUT2D eigenvalue weighted by atomic mass is 15.0. The third-order valence-corrected chi connectivity index (χ3v) is 8.30. The third-order valence-electron chi connectivity index (χ3n) is 8.30. The van der Waals surface area contributed by atoms with Crippen molar-refractivity contribution < 1.29 is 0 Å². The molecular weight excluding hydrogens is 470 g/mol. The van der Waals surface area contributed by atoms with Crippen molar-refractivity contribution in [3.05, 3.63) is 151 Å². The van der Waals surface area contributed by atoms with Crippen molar-refractivity contribution in [1.82, 2.24) is 4.57 Å². The molecular formula is C38H27N. The van der Waals surface area contributed by atoms with Crippen molar-refractivity contribution >= 4 is 21.8 Å². The topological polar surface area (TPSA) is 4.93 Å². The monoisotopic (exact) mass is 497 g/mol. The van der Waals surface area contributed by atoms with Gasteiger partial charge in [0.25, 0.3) is 0 Å². The summed E-state index contributed by atoms with van der Waals surface area (Å²) in [5.41, 5.74) is 14.3. The first-order valence-electron chi connectivity index (χ1n) is 13.7. The Labute approximate surface area is 228 Å². The second-order valence-electron chi connectivity index (χ2n) is 10.5. The summed E-state index contributed by atoms with van der Waals surface area (Å²) in [6, 6.07) is 51.2. The van der Waals surface area contributed by atoms with E-state index in [1.54, 1.807) is 0 Å². The Balaban J connectivity index is 1.25. The molecule has 8 rings (SSSR count). The Bertz CT molecular complexity index is 2010. The number of fused-ring (bicyclic) bond motifs is 6. The normalized spacial score (nSPS) is 12.4. The highest BCUT2D eigenvalue weighted by Gasteiger charge is 2.17. The van der Waals surface area contributed by atoms with Crippen molar-refractivity contribution in [1.29, 1.82) is 0 Å². The van der Waals surface area contributed by atoms with Crippen LogP contribution in [0.3, 0.4) is 0 Å². The number of rotatable bonds is 3. The average Bonchev–Trinajstić information content (AvgIpc) is 3.35. The van der Waals surface area contributed by atoms with Crippen LogP contribution in [0.2, 0.25) is 0 Å². The molecule has 0 saturated heterocycles. The van der Waals surface area contributed by atoms with E-state index in [1.165, 1.54) is 72.0 Å². The number of hydrogen-bond acceptors (Lipinski definition) is 0. The first kappa shape index (κ1) is 22.1. The van der Waals surface area contributed by atoms with E-state index in [-0.39, 0.29) is 0 Å². The zero-order valence-electron chi connectivity index (χ0n) is 21.6. The van der Waals surface area contributed by atoms with Gasteiger partial charge in [0.2, 0.25) is 0 Å². The molecule has 39 heavy (non-hydrogen) atoms. The maximum absolute atomic E-state index is 2.39. The summed E-state index contributed by atoms with van der Waals surface area (Å²) in [4.78, 5) is 0. The molecule has 1 aliphatic carbocycles. The second kappa shape index (κ2) is 8.85. The molecule has 184 valence electrons. The standard InChI is InChI=1S/C38H27N/c1-2-12-32(13-3-1)39-37-16-7-6-15-34(37)36-25-31(21-22-38(36)39)29-11-8-10-28(23-29)30-20-19-27-18-17-26-9-4-5-14-33(26)35(27)24-30/h1-16,19-25H,17-18H2. The Morgan fingerprint density at radius 3 is 1.90 bits per heavy atom. The lowest BCUT2D eigenvalue weighted by Crippen LogP contribution is -2.03. The molecule has 0 atom stereocenters. The molecule has 0 fully saturated rings. The predicted octanol–water partition coefficient (Wildman–Crippen LogP) is 9.88. The summed E-state index contributed by atoms with van der Waals surface area (Å²) in [6.45, 7) is 0. The molecule has 1 heterocycles. The fraction of sp³-hybridized carbons (Fsp3) is 0.0526. The second-order valence-corrected chi connectivity index (χ2v) is 10.5. The Kier molecular flexibility index (Phi) is 5.03. The Morgan fingerprint density at radius 1 is 0.385 bits per heavy atom. The largest absolute Gasteiger partial charge is 0.309 e. The minimum Gasteiger partial charge on any atom is -0.309 e. The minimum atomic E-state index is 1.11. The number of aryl methyl sites for hydroxylation is 2. The van der Waals surface area contributed by atoms with Crippen LogP contribution in [-0.4, -0.2) is 4.57 Å². The van der Waals surface area contributed by atoms with Gasteiger partial charge in [0, 0.05) is 16.5 Å². The maximum Gasteiger partial charge on any atom is 0.0541 e. The molecule has 0 bridgehead atoms. The summed E-state index contributed by atoms with van der Waals surface area (Å²) in [5.74, 6) is 0. The van der Waals surface area contributed by atoms with Gasteiger partial charge in [0.05, 0.1) is 11.0 Å². The highest BCUT2D eigenvalue weighted by Crippen LogP contribution is 2.38. The van der Waals surface area contributed by atoms with Gasteiger partial charge >= 0.3 is 0 Å². The van der Waals surface area contributed by atoms with Crippen LogP contribution in [0.4, 0.5) is 0 Å². The lowest BCUT2D eigenvalue weighted by Gasteiger charge is -2.20. The third kappa shape index (κ3) is 3.62. The fourth-order valence-electron chi connectivity index (χ4n) is 6.38. The van der Waals surface area contributed by atoms with E-state index in [0.29, 0.717) is 0 Å². The number of aromatic nitrogens is 1. The van der Waals surface area contributed by atoms with Gasteiger partial charge in [-0.15, -0.1) is 0 Å². The highest BCUT2D eigenvalue weighted by molar-refractivity contribution is 6.10. The van der Waals surface area contributed by atoms with Gasteiger partial charge in [-0.25, -0.2) is 0 Å². The van der Waals surface area contributed by atoms with E-state index in [9.17, 15) is 0 Å². The smallest absolute Gasteiger partial charge is 0.0541 e. The Morgan fingerprint density at radius 2 is 1.03 bits per heavy atom. The molecule has 1 aromatic heterocycles. The molecule has 1 aliphatic rings. The van der Waals surface area contributed by atoms with Crippen LogP contribution in [0.5, 0.6) is 0 Å². The van der Waals surface area contributed by atoms with E-state index in [4.69, 9.17) is 0 Å². The molecule has 0 N–H and O–H groups in total. The number of nitrogens with zero attached hydrogens (tertiary/aromatic N) is 1. The van der Waals surface area contributed by atoms with Crippen LogP contribution in [0.1, 0.15) is 11.1 Å². The SMILES string of the molecule is c1ccc(-n2c3ccccc3c3cc(-c4cccc(-c5ccc6c(c5)-c5ccccc5CC6)c4)ccc32)cc1. The average molecular weight is 498 g/mol. The van der Waals surface area contributed by atoms with E-state index in [1.807, 2.05) is 0 Å². The molecule has 0 spiro atoms. The van der Waals surface area contributed by atoms with Crippen molar-refractivity contribution in [3.8, 4) is 39.1 Å². The van der Waals surface area contributed by atoms with E-state index in [2.05, 4.69) is 144 Å². The molecule has 0 unspecified atom stereocenters. The van der Waals surface area contributed by atoms with E-state index < -0.39 is 0 Å². The van der Waals surface area contributed by atoms with Gasteiger partial charge in [-0.1, -0.05) is 97.1 Å². The van der Waals surface area contributed by atoms with Crippen molar-refractivity contribution in [2.75, 3.05) is 0 Å². The zero-order chi connectivity index (χ0) is 25.8. The van der Waals surface area contributed by atoms with Crippen LogP contribution >= 0.6 is 0 Å². The summed E-state index contributed by atoms with van der Waals surface area (Å²) in [6.07, 6.45) is 2.24. The van der Waals surface area contributed by atoms with Gasteiger partial charge in [-0.2, -0.15) is 0 Å². The minimum absolute atomic E-state index is 1.11. The molecule has 0 radical (unpaired) electrons. The molecule has 6 aromatic carbocycles. The molecule has 0 aliphatic heterocycles. The number of benzene rings is 6. The molecule has 1 heteroatoms. The number of para-hydroxylation sites is 2. The first-order valence-corrected chi connectivity index (χ1v) is 13.7. The predicted molar refractivity (Wildman–Crippen MR) is 164 cm³/mol. The summed E-state index contributed by atoms with van der Waals surface area (Å²) < 4.78 is 2.37. The van der Waals surface area contributed by atoms with Gasteiger partial charge in [0.15, 0.2) is 0 Å². The van der Waals surface area contributed by atoms with Crippen molar-refractivity contribution in [2.45, 2.75) is 12.8 Å². The lowest BCUT2D eigenvalue weighted by molar-refractivity contribution is 0.942. The quantitative estimate of drug-likeness (QED) is 0.229. The maximum atomic E-state index is 2.39. The van der Waals surface area contributed by atoms with Crippen LogP contribution in [0.25, 0.3) is 60.9 Å². The van der Waals surface area contributed by atoms with Crippen LogP contribution in [-0.2, 0) is 12.8 Å². The summed E-state index contributed by atoms with van der Waals surface area (Å²) in [7, 11) is 0. The lowest BCUT2D eigenvalue weighted by atomic mass is 9.84. The zero-order valence-corrected chi connectivity index (χ0v) is 21.6. The molecule has 0 amide bonds. The van der Waals surface area contributed by atoms with Gasteiger partial charge in [0.1, 0.15) is 0 Å². The van der Waals surface area contributed by atoms with Crippen LogP contribution < -0.4 is 0 Å². The van der Waals surface area contributed by atoms with Gasteiger partial charge in [-0.3, -0.25) is 0 Å². The van der Waals surface area contributed by atoms with Gasteiger partial charge in [-0.05, 0) is 99.8 Å². The Hall–Kier alpha value is -4.88. The van der Waals surface area contributed by atoms with Crippen molar-refractivity contribution in [3.63, 3.8) is 0 Å². The molecule has 1 nitrogen and oxygen atoms in total. The first-order chi connectivity index (χ1) is 19.3. The van der Waals surface area contributed by atoms with Crippen LogP contribution in [0, 0.1) is 0 Å². The summed E-state index contributed by atoms with van der Waals surface area (Å²) in [5, 5.41) is 2.56. The molecule has 7 aromatic rings. The molecule has 0 saturated carbocycles. The fourth-order valence-corrected chi connectivity index (χ4v) is 6.38. The van der Waals surface area contributed by atoms with E-state index in [0.717, 1.165) is 12.8 Å². The summed E-state index contributed by atoms with van der Waals surface area (Å²) >= 11 is 0. The van der Waals surface area contributed by atoms with E-state index >= 15 is 0 Å².